The number of nitrogens with zero attached hydrogens (tertiary/aromatic N) is 2. The van der Waals surface area contributed by atoms with Crippen molar-refractivity contribution in [2.75, 3.05) is 26.0 Å². The number of benzene rings is 1. The van der Waals surface area contributed by atoms with Crippen molar-refractivity contribution in [3.8, 4) is 11.5 Å². The van der Waals surface area contributed by atoms with Crippen molar-refractivity contribution >= 4 is 30.1 Å². The number of hydrogen-bond donors (Lipinski definition) is 2. The lowest BCUT2D eigenvalue weighted by molar-refractivity contribution is -0.118. The van der Waals surface area contributed by atoms with Gasteiger partial charge in [-0.1, -0.05) is 17.3 Å². The summed E-state index contributed by atoms with van der Waals surface area (Å²) in [6.07, 6.45) is 2.85. The summed E-state index contributed by atoms with van der Waals surface area (Å²) in [7, 11) is 1.60. The molecule has 1 fully saturated rings. The molecule has 0 atom stereocenters. The molecule has 142 valence electrons. The number of aromatic nitrogens is 2. The van der Waals surface area contributed by atoms with Gasteiger partial charge in [0, 0.05) is 18.6 Å². The summed E-state index contributed by atoms with van der Waals surface area (Å²) in [6, 6.07) is 7.67. The topological polar surface area (TPSA) is 103 Å². The van der Waals surface area contributed by atoms with E-state index in [1.165, 1.54) is 11.8 Å². The van der Waals surface area contributed by atoms with E-state index in [9.17, 15) is 4.79 Å². The van der Waals surface area contributed by atoms with Crippen molar-refractivity contribution in [3.63, 3.8) is 0 Å². The van der Waals surface area contributed by atoms with Gasteiger partial charge in [0.15, 0.2) is 5.82 Å². The molecule has 1 aromatic heterocycles. The van der Waals surface area contributed by atoms with Crippen LogP contribution in [0.5, 0.6) is 0 Å². The van der Waals surface area contributed by atoms with E-state index < -0.39 is 5.54 Å². The van der Waals surface area contributed by atoms with Crippen molar-refractivity contribution in [1.29, 1.82) is 0 Å². The van der Waals surface area contributed by atoms with Gasteiger partial charge < -0.3 is 20.3 Å². The lowest BCUT2D eigenvalue weighted by atomic mass is 9.77. The molecule has 9 heteroatoms. The molecular weight excluding hydrogens is 376 g/mol. The van der Waals surface area contributed by atoms with Crippen LogP contribution in [0.4, 0.5) is 0 Å². The molecule has 1 heterocycles. The molecule has 0 spiro atoms. The second-order valence-electron chi connectivity index (χ2n) is 6.06. The lowest BCUT2D eigenvalue weighted by Crippen LogP contribution is -2.44. The average molecular weight is 399 g/mol. The van der Waals surface area contributed by atoms with Gasteiger partial charge in [0.25, 0.3) is 5.89 Å². The van der Waals surface area contributed by atoms with Crippen LogP contribution in [0.2, 0.25) is 0 Å². The maximum Gasteiger partial charge on any atom is 0.259 e. The quantitative estimate of drug-likeness (QED) is 0.519. The van der Waals surface area contributed by atoms with Gasteiger partial charge in [-0.05, 0) is 31.4 Å². The van der Waals surface area contributed by atoms with E-state index in [1.54, 1.807) is 7.11 Å². The number of halogens is 1. The predicted octanol–water partition coefficient (Wildman–Crippen LogP) is 2.35. The van der Waals surface area contributed by atoms with Crippen molar-refractivity contribution in [1.82, 2.24) is 15.5 Å². The molecule has 2 aromatic rings. The Balaban J connectivity index is 0.00000243. The summed E-state index contributed by atoms with van der Waals surface area (Å²) < 4.78 is 10.3. The van der Waals surface area contributed by atoms with Gasteiger partial charge in [-0.25, -0.2) is 0 Å². The summed E-state index contributed by atoms with van der Waals surface area (Å²) in [5.41, 5.74) is 6.62. The Morgan fingerprint density at radius 1 is 1.42 bits per heavy atom. The highest BCUT2D eigenvalue weighted by Gasteiger charge is 2.39. The second-order valence-corrected chi connectivity index (χ2v) is 7.08. The van der Waals surface area contributed by atoms with Gasteiger partial charge in [-0.2, -0.15) is 4.98 Å². The molecule has 1 saturated carbocycles. The minimum absolute atomic E-state index is 0. The van der Waals surface area contributed by atoms with E-state index in [0.29, 0.717) is 30.6 Å². The zero-order valence-electron chi connectivity index (χ0n) is 14.6. The Morgan fingerprint density at radius 3 is 2.88 bits per heavy atom. The van der Waals surface area contributed by atoms with E-state index in [-0.39, 0.29) is 18.3 Å². The van der Waals surface area contributed by atoms with Gasteiger partial charge in [0.2, 0.25) is 5.91 Å². The average Bonchev–Trinajstić information content (AvgIpc) is 3.08. The van der Waals surface area contributed by atoms with Crippen LogP contribution in [-0.2, 0) is 15.1 Å². The molecule has 3 rings (SSSR count). The summed E-state index contributed by atoms with van der Waals surface area (Å²) in [6.45, 7) is 1.00. The van der Waals surface area contributed by atoms with E-state index in [0.717, 1.165) is 29.7 Å². The number of nitrogens with one attached hydrogen (secondary N) is 1. The van der Waals surface area contributed by atoms with Crippen molar-refractivity contribution in [2.45, 2.75) is 29.7 Å². The molecular formula is C17H23ClN4O3S. The first-order valence-electron chi connectivity index (χ1n) is 8.23. The largest absolute Gasteiger partial charge is 0.383 e. The van der Waals surface area contributed by atoms with E-state index >= 15 is 0 Å². The van der Waals surface area contributed by atoms with E-state index in [4.69, 9.17) is 15.0 Å². The molecule has 1 aliphatic rings. The minimum Gasteiger partial charge on any atom is -0.383 e. The molecule has 1 amide bonds. The molecule has 1 aliphatic carbocycles. The number of methoxy groups -OCH3 is 1. The minimum atomic E-state index is -0.453. The van der Waals surface area contributed by atoms with Gasteiger partial charge in [-0.3, -0.25) is 4.79 Å². The smallest absolute Gasteiger partial charge is 0.259 e. The monoisotopic (exact) mass is 398 g/mol. The summed E-state index contributed by atoms with van der Waals surface area (Å²) in [4.78, 5) is 17.3. The van der Waals surface area contributed by atoms with Gasteiger partial charge >= 0.3 is 0 Å². The van der Waals surface area contributed by atoms with Crippen LogP contribution in [0.1, 0.15) is 25.1 Å². The number of carbonyl (C=O) groups excluding carboxylic acids is 1. The van der Waals surface area contributed by atoms with Crippen LogP contribution in [-0.4, -0.2) is 42.1 Å². The Morgan fingerprint density at radius 2 is 2.19 bits per heavy atom. The Kier molecular flexibility index (Phi) is 7.45. The number of rotatable bonds is 8. The van der Waals surface area contributed by atoms with Crippen LogP contribution >= 0.6 is 24.2 Å². The molecule has 0 aliphatic heterocycles. The predicted molar refractivity (Wildman–Crippen MR) is 102 cm³/mol. The molecule has 1 aromatic carbocycles. The lowest BCUT2D eigenvalue weighted by Gasteiger charge is -2.34. The molecule has 3 N–H and O–H groups in total. The fourth-order valence-electron chi connectivity index (χ4n) is 2.57. The summed E-state index contributed by atoms with van der Waals surface area (Å²) in [5, 5.41) is 6.86. The number of hydrogen-bond acceptors (Lipinski definition) is 7. The molecule has 7 nitrogen and oxygen atoms in total. The highest BCUT2D eigenvalue weighted by molar-refractivity contribution is 8.00. The number of nitrogens with two attached hydrogens (primary N) is 1. The van der Waals surface area contributed by atoms with Crippen LogP contribution in [0, 0.1) is 0 Å². The second kappa shape index (κ2) is 9.36. The van der Waals surface area contributed by atoms with E-state index in [1.807, 2.05) is 24.3 Å². The maximum absolute atomic E-state index is 11.9. The Labute approximate surface area is 162 Å². The van der Waals surface area contributed by atoms with Crippen LogP contribution in [0.3, 0.4) is 0 Å². The molecule has 0 bridgehead atoms. The van der Waals surface area contributed by atoms with Crippen molar-refractivity contribution in [3.05, 3.63) is 30.1 Å². The number of amides is 1. The fourth-order valence-corrected chi connectivity index (χ4v) is 3.45. The maximum atomic E-state index is 11.9. The Hall–Kier alpha value is -1.61. The summed E-state index contributed by atoms with van der Waals surface area (Å²) in [5.74, 6) is 1.27. The van der Waals surface area contributed by atoms with E-state index in [2.05, 4.69) is 15.5 Å². The summed E-state index contributed by atoms with van der Waals surface area (Å²) >= 11 is 1.43. The fraction of sp³-hybridized carbons (Fsp3) is 0.471. The molecule has 0 saturated heterocycles. The van der Waals surface area contributed by atoms with Gasteiger partial charge in [0.1, 0.15) is 0 Å². The third kappa shape index (κ3) is 4.76. The van der Waals surface area contributed by atoms with Gasteiger partial charge in [-0.15, -0.1) is 24.2 Å². The first-order chi connectivity index (χ1) is 12.1. The first-order valence-corrected chi connectivity index (χ1v) is 9.22. The Bertz CT molecular complexity index is 736. The molecule has 0 unspecified atom stereocenters. The van der Waals surface area contributed by atoms with Crippen molar-refractivity contribution < 1.29 is 14.1 Å². The van der Waals surface area contributed by atoms with Crippen LogP contribution < -0.4 is 11.1 Å². The molecule has 0 radical (unpaired) electrons. The third-order valence-corrected chi connectivity index (χ3v) is 5.30. The zero-order valence-corrected chi connectivity index (χ0v) is 16.2. The van der Waals surface area contributed by atoms with Gasteiger partial charge in [0.05, 0.1) is 23.5 Å². The van der Waals surface area contributed by atoms with Crippen LogP contribution in [0.25, 0.3) is 11.5 Å². The standard InChI is InChI=1S/C17H22N4O3S.ClH/c1-23-10-9-19-14(22)11-25-13-6-3-2-5-12(13)15-20-16(21-24-15)17(18)7-4-8-17;/h2-3,5-6H,4,7-11,18H2,1H3,(H,19,22);1H. The number of thioether (sulfide) groups is 1. The number of carbonyl (C=O) groups is 1. The van der Waals surface area contributed by atoms with Crippen LogP contribution in [0.15, 0.2) is 33.7 Å². The number of ether oxygens (including phenoxy) is 1. The zero-order chi connectivity index (χ0) is 17.7. The third-order valence-electron chi connectivity index (χ3n) is 4.22. The first kappa shape index (κ1) is 20.7. The van der Waals surface area contributed by atoms with Crippen molar-refractivity contribution in [2.24, 2.45) is 5.73 Å². The highest BCUT2D eigenvalue weighted by atomic mass is 35.5. The SMILES string of the molecule is COCCNC(=O)CSc1ccccc1-c1nc(C2(N)CCC2)no1.Cl. The molecule has 26 heavy (non-hydrogen) atoms. The highest BCUT2D eigenvalue weighted by Crippen LogP contribution is 2.38. The normalized spacial score (nSPS) is 15.0.